The van der Waals surface area contributed by atoms with Crippen LogP contribution in [0.15, 0.2) is 17.0 Å². The molecule has 0 aliphatic heterocycles. The topological polar surface area (TPSA) is 30.7 Å². The lowest BCUT2D eigenvalue weighted by molar-refractivity contribution is 0.823. The molecule has 8 heteroatoms. The number of aryl methyl sites for hydroxylation is 3. The second kappa shape index (κ2) is 6.17. The first-order chi connectivity index (χ1) is 9.47. The fourth-order valence-corrected chi connectivity index (χ4v) is 3.18. The zero-order valence-electron chi connectivity index (χ0n) is 13.2. The number of hydrogen-bond acceptors (Lipinski definition) is 3. The third-order valence-corrected chi connectivity index (χ3v) is 4.59. The molecule has 2 rings (SSSR count). The zero-order valence-corrected chi connectivity index (χ0v) is 14.0. The highest BCUT2D eigenvalue weighted by Crippen LogP contribution is 2.21. The number of aromatic nitrogens is 3. The summed E-state index contributed by atoms with van der Waals surface area (Å²) >= 11 is 1.81. The van der Waals surface area contributed by atoms with E-state index in [0.29, 0.717) is 6.49 Å². The van der Waals surface area contributed by atoms with Crippen molar-refractivity contribution in [1.82, 2.24) is 14.8 Å². The first-order valence-electron chi connectivity index (χ1n) is 7.07. The van der Waals surface area contributed by atoms with Crippen LogP contribution in [-0.4, -0.2) is 50.0 Å². The number of rotatable bonds is 4. The van der Waals surface area contributed by atoms with Crippen LogP contribution in [0.4, 0.5) is 0 Å². The van der Waals surface area contributed by atoms with E-state index in [1.165, 1.54) is 15.9 Å². The van der Waals surface area contributed by atoms with Gasteiger partial charge in [-0.1, -0.05) is 11.5 Å². The van der Waals surface area contributed by atoms with Gasteiger partial charge in [-0.25, -0.2) is 9.67 Å². The summed E-state index contributed by atoms with van der Waals surface area (Å²) in [5, 5.41) is 4.51. The quantitative estimate of drug-likeness (QED) is 0.544. The molecule has 1 aromatic heterocycles. The van der Waals surface area contributed by atoms with Gasteiger partial charge in [0.2, 0.25) is 0 Å². The Labute approximate surface area is 128 Å². The lowest BCUT2D eigenvalue weighted by Gasteiger charge is -2.16. The number of hydrogen-bond donors (Lipinski definition) is 0. The van der Waals surface area contributed by atoms with Crippen molar-refractivity contribution in [2.45, 2.75) is 25.7 Å². The first kappa shape index (κ1) is 15.4. The lowest BCUT2D eigenvalue weighted by Crippen LogP contribution is -2.39. The molecule has 0 atom stereocenters. The van der Waals surface area contributed by atoms with Gasteiger partial charge in [-0.05, 0) is 38.7 Å². The maximum Gasteiger partial charge on any atom is 0.148 e. The zero-order chi connectivity index (χ0) is 14.9. The van der Waals surface area contributed by atoms with E-state index >= 15 is 0 Å². The average molecular weight is 281 g/mol. The number of thioether (sulfide) groups is 1. The minimum Gasteiger partial charge on any atom is -0.218 e. The average Bonchev–Trinajstić information content (AvgIpc) is 2.76. The highest BCUT2D eigenvalue weighted by atomic mass is 32.2. The third kappa shape index (κ3) is 2.85. The van der Waals surface area contributed by atoms with Crippen molar-refractivity contribution >= 4 is 46.3 Å². The van der Waals surface area contributed by atoms with Gasteiger partial charge in [-0.2, -0.15) is 5.10 Å². The molecule has 0 spiro atoms. The van der Waals surface area contributed by atoms with Gasteiger partial charge in [0.25, 0.3) is 0 Å². The molecule has 0 amide bonds. The van der Waals surface area contributed by atoms with Crippen LogP contribution < -0.4 is 5.46 Å². The summed E-state index contributed by atoms with van der Waals surface area (Å²) in [4.78, 5) is 5.74. The SMILES string of the molecule is BBB(B)c1cc(C)c(-n2nc(C)nc2C)cc1SC. The van der Waals surface area contributed by atoms with Crippen LogP contribution in [0, 0.1) is 20.8 Å². The molecular weight excluding hydrogens is 261 g/mol. The lowest BCUT2D eigenvalue weighted by atomic mass is 9.03. The van der Waals surface area contributed by atoms with Crippen molar-refractivity contribution in [2.75, 3.05) is 6.26 Å². The van der Waals surface area contributed by atoms with Crippen LogP contribution in [0.5, 0.6) is 0 Å². The smallest absolute Gasteiger partial charge is 0.148 e. The van der Waals surface area contributed by atoms with Crippen LogP contribution in [0.25, 0.3) is 5.69 Å². The molecule has 2 aromatic rings. The number of benzene rings is 1. The summed E-state index contributed by atoms with van der Waals surface area (Å²) in [6, 6.07) is 4.56. The fraction of sp³-hybridized carbons (Fsp3) is 0.333. The van der Waals surface area contributed by atoms with Gasteiger partial charge in [-0.15, -0.1) is 11.8 Å². The molecule has 0 bridgehead atoms. The van der Waals surface area contributed by atoms with Crippen LogP contribution in [0.2, 0.25) is 0 Å². The largest absolute Gasteiger partial charge is 0.218 e. The van der Waals surface area contributed by atoms with E-state index in [9.17, 15) is 0 Å². The first-order valence-corrected chi connectivity index (χ1v) is 8.29. The summed E-state index contributed by atoms with van der Waals surface area (Å²) in [6.45, 7) is 6.67. The molecular formula is C12H19B4N3S. The molecule has 20 heavy (non-hydrogen) atoms. The van der Waals surface area contributed by atoms with E-state index in [1.54, 1.807) is 0 Å². The molecule has 1 aromatic carbocycles. The summed E-state index contributed by atoms with van der Waals surface area (Å²) in [5.74, 6) is 1.76. The summed E-state index contributed by atoms with van der Waals surface area (Å²) < 4.78 is 1.95. The van der Waals surface area contributed by atoms with Crippen LogP contribution in [0.1, 0.15) is 17.2 Å². The predicted octanol–water partition coefficient (Wildman–Crippen LogP) is -0.773. The van der Waals surface area contributed by atoms with Gasteiger partial charge in [0, 0.05) is 4.90 Å². The standard InChI is InChI=1S/C12H19B4N3S/c1-7-5-10(16(14)15-13)12(20-4)6-11(7)19-9(3)17-8(2)18-19/h5-6,15H,13-14H2,1-4H3. The number of nitrogens with zero attached hydrogens (tertiary/aromatic N) is 3. The second-order valence-corrected chi connectivity index (χ2v) is 6.16. The highest BCUT2D eigenvalue weighted by molar-refractivity contribution is 7.99. The molecule has 0 saturated carbocycles. The third-order valence-electron chi connectivity index (χ3n) is 3.79. The van der Waals surface area contributed by atoms with Crippen molar-refractivity contribution in [3.63, 3.8) is 0 Å². The minimum atomic E-state index is 0.587. The summed E-state index contributed by atoms with van der Waals surface area (Å²) in [5.41, 5.74) is 3.83. The Kier molecular flexibility index (Phi) is 4.74. The summed E-state index contributed by atoms with van der Waals surface area (Å²) in [6.07, 6.45) is 2.14. The van der Waals surface area contributed by atoms with Crippen molar-refractivity contribution in [3.8, 4) is 5.69 Å². The Hall–Kier alpha value is -1.03. The van der Waals surface area contributed by atoms with E-state index in [4.69, 9.17) is 0 Å². The molecule has 0 radical (unpaired) electrons. The molecule has 0 unspecified atom stereocenters. The van der Waals surface area contributed by atoms with E-state index in [1.807, 2.05) is 30.3 Å². The van der Waals surface area contributed by atoms with E-state index in [2.05, 4.69) is 50.9 Å². The van der Waals surface area contributed by atoms with Crippen molar-refractivity contribution in [1.29, 1.82) is 0 Å². The van der Waals surface area contributed by atoms with Crippen LogP contribution >= 0.6 is 11.8 Å². The van der Waals surface area contributed by atoms with Gasteiger partial charge >= 0.3 is 0 Å². The van der Waals surface area contributed by atoms with Gasteiger partial charge < -0.3 is 0 Å². The Morgan fingerprint density at radius 3 is 2.50 bits per heavy atom. The second-order valence-electron chi connectivity index (χ2n) is 5.31. The molecule has 0 aliphatic rings. The maximum atomic E-state index is 4.51. The van der Waals surface area contributed by atoms with Crippen LogP contribution in [0.3, 0.4) is 0 Å². The van der Waals surface area contributed by atoms with Crippen molar-refractivity contribution < 1.29 is 0 Å². The van der Waals surface area contributed by atoms with Crippen molar-refractivity contribution in [2.24, 2.45) is 0 Å². The Balaban J connectivity index is 2.59. The molecule has 3 nitrogen and oxygen atoms in total. The Bertz CT molecular complexity index is 629. The molecule has 0 fully saturated rings. The predicted molar refractivity (Wildman–Crippen MR) is 97.0 cm³/mol. The van der Waals surface area contributed by atoms with Crippen LogP contribution in [-0.2, 0) is 0 Å². The highest BCUT2D eigenvalue weighted by Gasteiger charge is 2.16. The molecule has 100 valence electrons. The minimum absolute atomic E-state index is 0.587. The maximum absolute atomic E-state index is 4.51. The van der Waals surface area contributed by atoms with Gasteiger partial charge in [0.05, 0.1) is 34.7 Å². The van der Waals surface area contributed by atoms with Gasteiger partial charge in [-0.3, -0.25) is 0 Å². The molecule has 0 saturated heterocycles. The van der Waals surface area contributed by atoms with Gasteiger partial charge in [0.15, 0.2) is 0 Å². The van der Waals surface area contributed by atoms with E-state index in [-0.39, 0.29) is 0 Å². The van der Waals surface area contributed by atoms with Gasteiger partial charge in [0.1, 0.15) is 11.6 Å². The Morgan fingerprint density at radius 2 is 2.00 bits per heavy atom. The monoisotopic (exact) mass is 281 g/mol. The molecule has 0 N–H and O–H groups in total. The molecule has 1 heterocycles. The summed E-state index contributed by atoms with van der Waals surface area (Å²) in [7, 11) is 5.69. The van der Waals surface area contributed by atoms with Crippen molar-refractivity contribution in [3.05, 3.63) is 29.3 Å². The fourth-order valence-electron chi connectivity index (χ4n) is 2.46. The molecule has 0 aliphatic carbocycles. The van der Waals surface area contributed by atoms with E-state index in [0.717, 1.165) is 24.4 Å². The van der Waals surface area contributed by atoms with E-state index < -0.39 is 0 Å². The Morgan fingerprint density at radius 1 is 1.30 bits per heavy atom. The normalized spacial score (nSPS) is 10.6.